The van der Waals surface area contributed by atoms with E-state index in [1.165, 1.54) is 11.9 Å². The van der Waals surface area contributed by atoms with Crippen LogP contribution in [0.4, 0.5) is 27.0 Å². The molecule has 9 heteroatoms. The molecule has 0 aliphatic rings. The van der Waals surface area contributed by atoms with E-state index in [9.17, 15) is 9.59 Å². The number of hydrogen-bond donors (Lipinski definition) is 4. The van der Waals surface area contributed by atoms with E-state index in [1.54, 1.807) is 0 Å². The van der Waals surface area contributed by atoms with Crippen molar-refractivity contribution < 1.29 is 14.7 Å². The number of urea groups is 1. The number of benzene rings is 2. The van der Waals surface area contributed by atoms with Crippen molar-refractivity contribution in [1.82, 2.24) is 14.9 Å². The van der Waals surface area contributed by atoms with Crippen molar-refractivity contribution in [1.29, 1.82) is 0 Å². The summed E-state index contributed by atoms with van der Waals surface area (Å²) in [5, 5.41) is 19.7. The Morgan fingerprint density at radius 1 is 1.03 bits per heavy atom. The molecule has 1 heterocycles. The van der Waals surface area contributed by atoms with Gasteiger partial charge in [0.2, 0.25) is 5.95 Å². The lowest BCUT2D eigenvalue weighted by molar-refractivity contribution is 0.156. The second-order valence-electron chi connectivity index (χ2n) is 7.78. The van der Waals surface area contributed by atoms with E-state index in [1.807, 2.05) is 62.4 Å². The normalized spacial score (nSPS) is 10.8. The molecule has 0 bridgehead atoms. The number of nitrogens with zero attached hydrogens (tertiary/aromatic N) is 3. The minimum atomic E-state index is -0.960. The highest BCUT2D eigenvalue weighted by Gasteiger charge is 2.11. The van der Waals surface area contributed by atoms with Crippen LogP contribution in [-0.4, -0.2) is 52.2 Å². The molecule has 0 aliphatic heterocycles. The van der Waals surface area contributed by atoms with Gasteiger partial charge in [0, 0.05) is 31.9 Å². The molecule has 0 fully saturated rings. The average Bonchev–Trinajstić information content (AvgIpc) is 2.76. The smallest absolute Gasteiger partial charge is 0.407 e. The number of nitrogens with one attached hydrogen (secondary N) is 3. The molecule has 3 aromatic rings. The first-order valence-electron chi connectivity index (χ1n) is 10.5. The summed E-state index contributed by atoms with van der Waals surface area (Å²) in [7, 11) is 1.53. The highest BCUT2D eigenvalue weighted by molar-refractivity contribution is 6.00. The highest BCUT2D eigenvalue weighted by atomic mass is 16.4. The van der Waals surface area contributed by atoms with Gasteiger partial charge in [-0.3, -0.25) is 5.32 Å². The van der Waals surface area contributed by atoms with Crippen molar-refractivity contribution in [2.45, 2.75) is 26.2 Å². The molecule has 0 saturated heterocycles. The molecule has 168 valence electrons. The van der Waals surface area contributed by atoms with Crippen LogP contribution < -0.4 is 16.0 Å². The Labute approximate surface area is 186 Å². The number of fused-ring (bicyclic) bond motifs is 1. The summed E-state index contributed by atoms with van der Waals surface area (Å²) in [4.78, 5) is 33.4. The van der Waals surface area contributed by atoms with E-state index in [4.69, 9.17) is 5.11 Å². The van der Waals surface area contributed by atoms with Crippen LogP contribution in [0, 0.1) is 0 Å². The van der Waals surface area contributed by atoms with Crippen LogP contribution in [-0.2, 0) is 0 Å². The summed E-state index contributed by atoms with van der Waals surface area (Å²) in [5.41, 5.74) is 1.45. The minimum absolute atomic E-state index is 0.140. The standard InChI is InChI=1S/C23H28N6O3/c1-15(2)19-14-20(24-11-6-12-29(3)23(31)32)27-21(26-19)28-22(30)25-18-10-9-16-7-4-5-8-17(16)13-18/h4-5,7-10,13-15H,6,11-12H2,1-3H3,(H,31,32)(H3,24,25,26,27,28,30). The van der Waals surface area contributed by atoms with Crippen molar-refractivity contribution >= 4 is 40.4 Å². The SMILES string of the molecule is CC(C)c1cc(NCCCN(C)C(=O)O)nc(NC(=O)Nc2ccc3ccccc3c2)n1. The minimum Gasteiger partial charge on any atom is -0.465 e. The van der Waals surface area contributed by atoms with Crippen molar-refractivity contribution in [2.75, 3.05) is 36.1 Å². The first-order valence-corrected chi connectivity index (χ1v) is 10.5. The maximum atomic E-state index is 12.5. The highest BCUT2D eigenvalue weighted by Crippen LogP contribution is 2.20. The van der Waals surface area contributed by atoms with Crippen LogP contribution in [0.1, 0.15) is 31.9 Å². The van der Waals surface area contributed by atoms with Gasteiger partial charge in [0.05, 0.1) is 5.69 Å². The Morgan fingerprint density at radius 3 is 2.50 bits per heavy atom. The average molecular weight is 437 g/mol. The zero-order valence-electron chi connectivity index (χ0n) is 18.4. The summed E-state index contributed by atoms with van der Waals surface area (Å²) in [6.07, 6.45) is -0.340. The third kappa shape index (κ3) is 6.31. The molecule has 0 aliphatic carbocycles. The molecule has 32 heavy (non-hydrogen) atoms. The fourth-order valence-corrected chi connectivity index (χ4v) is 3.07. The molecule has 0 atom stereocenters. The molecule has 1 aromatic heterocycles. The molecule has 4 N–H and O–H groups in total. The van der Waals surface area contributed by atoms with Gasteiger partial charge in [-0.15, -0.1) is 0 Å². The molecule has 3 rings (SSSR count). The summed E-state index contributed by atoms with van der Waals surface area (Å²) >= 11 is 0. The zero-order valence-corrected chi connectivity index (χ0v) is 18.4. The van der Waals surface area contributed by atoms with E-state index < -0.39 is 12.1 Å². The molecule has 9 nitrogen and oxygen atoms in total. The van der Waals surface area contributed by atoms with Crippen molar-refractivity contribution in [3.05, 3.63) is 54.2 Å². The van der Waals surface area contributed by atoms with Gasteiger partial charge in [-0.2, -0.15) is 4.98 Å². The van der Waals surface area contributed by atoms with E-state index in [-0.39, 0.29) is 11.9 Å². The van der Waals surface area contributed by atoms with Gasteiger partial charge in [0.15, 0.2) is 0 Å². The van der Waals surface area contributed by atoms with E-state index >= 15 is 0 Å². The predicted octanol–water partition coefficient (Wildman–Crippen LogP) is 4.81. The van der Waals surface area contributed by atoms with Crippen molar-refractivity contribution in [3.63, 3.8) is 0 Å². The van der Waals surface area contributed by atoms with Gasteiger partial charge < -0.3 is 20.6 Å². The van der Waals surface area contributed by atoms with Crippen LogP contribution in [0.2, 0.25) is 0 Å². The molecular formula is C23H28N6O3. The van der Waals surface area contributed by atoms with Crippen LogP contribution >= 0.6 is 0 Å². The molecule has 0 saturated carbocycles. The number of hydrogen-bond acceptors (Lipinski definition) is 5. The van der Waals surface area contributed by atoms with Crippen LogP contribution in [0.3, 0.4) is 0 Å². The number of carbonyl (C=O) groups is 2. The zero-order chi connectivity index (χ0) is 23.1. The topological polar surface area (TPSA) is 119 Å². The lowest BCUT2D eigenvalue weighted by Crippen LogP contribution is -2.27. The molecule has 2 aromatic carbocycles. The summed E-state index contributed by atoms with van der Waals surface area (Å²) in [6.45, 7) is 4.96. The first-order chi connectivity index (χ1) is 15.3. The number of anilines is 3. The summed E-state index contributed by atoms with van der Waals surface area (Å²) in [6, 6.07) is 15.0. The van der Waals surface area contributed by atoms with Crippen molar-refractivity contribution in [3.8, 4) is 0 Å². The molecule has 0 unspecified atom stereocenters. The summed E-state index contributed by atoms with van der Waals surface area (Å²) < 4.78 is 0. The second kappa shape index (κ2) is 10.4. The van der Waals surface area contributed by atoms with Crippen LogP contribution in [0.5, 0.6) is 0 Å². The van der Waals surface area contributed by atoms with Gasteiger partial charge in [-0.25, -0.2) is 14.6 Å². The largest absolute Gasteiger partial charge is 0.465 e. The van der Waals surface area contributed by atoms with Crippen LogP contribution in [0.15, 0.2) is 48.5 Å². The van der Waals surface area contributed by atoms with Gasteiger partial charge in [0.1, 0.15) is 5.82 Å². The van der Waals surface area contributed by atoms with Crippen molar-refractivity contribution in [2.24, 2.45) is 0 Å². The second-order valence-corrected chi connectivity index (χ2v) is 7.78. The van der Waals surface area contributed by atoms with E-state index in [0.717, 1.165) is 16.5 Å². The number of rotatable bonds is 8. The third-order valence-electron chi connectivity index (χ3n) is 4.87. The molecular weight excluding hydrogens is 408 g/mol. The Bertz CT molecular complexity index is 1100. The van der Waals surface area contributed by atoms with E-state index in [0.29, 0.717) is 31.0 Å². The maximum absolute atomic E-state index is 12.5. The fraction of sp³-hybridized carbons (Fsp3) is 0.304. The predicted molar refractivity (Wildman–Crippen MR) is 126 cm³/mol. The van der Waals surface area contributed by atoms with E-state index in [2.05, 4.69) is 25.9 Å². The Kier molecular flexibility index (Phi) is 7.43. The number of amides is 3. The van der Waals surface area contributed by atoms with Gasteiger partial charge >= 0.3 is 12.1 Å². The van der Waals surface area contributed by atoms with Crippen LogP contribution in [0.25, 0.3) is 10.8 Å². The number of carboxylic acid groups (broad SMARTS) is 1. The fourth-order valence-electron chi connectivity index (χ4n) is 3.07. The Balaban J connectivity index is 1.64. The summed E-state index contributed by atoms with van der Waals surface area (Å²) in [5.74, 6) is 0.906. The Hall–Kier alpha value is -3.88. The maximum Gasteiger partial charge on any atom is 0.407 e. The number of carbonyl (C=O) groups excluding carboxylic acids is 1. The first kappa shape index (κ1) is 22.8. The molecule has 0 spiro atoms. The Morgan fingerprint density at radius 2 is 1.78 bits per heavy atom. The lowest BCUT2D eigenvalue weighted by atomic mass is 10.1. The monoisotopic (exact) mass is 436 g/mol. The van der Waals surface area contributed by atoms with Gasteiger partial charge in [0.25, 0.3) is 0 Å². The van der Waals surface area contributed by atoms with Gasteiger partial charge in [-0.1, -0.05) is 44.2 Å². The third-order valence-corrected chi connectivity index (χ3v) is 4.87. The lowest BCUT2D eigenvalue weighted by Gasteiger charge is -2.15. The number of aromatic nitrogens is 2. The quantitative estimate of drug-likeness (QED) is 0.376. The van der Waals surface area contributed by atoms with Gasteiger partial charge in [-0.05, 0) is 35.2 Å². The molecule has 0 radical (unpaired) electrons. The molecule has 3 amide bonds.